The summed E-state index contributed by atoms with van der Waals surface area (Å²) < 4.78 is 27.0. The zero-order valence-corrected chi connectivity index (χ0v) is 20.6. The molecule has 10 nitrogen and oxygen atoms in total. The minimum Gasteiger partial charge on any atom is -0.383 e. The second kappa shape index (κ2) is 18.2. The fourth-order valence-corrected chi connectivity index (χ4v) is 3.33. The quantitative estimate of drug-likeness (QED) is 0.236. The molecule has 1 heterocycles. The van der Waals surface area contributed by atoms with Gasteiger partial charge in [-0.1, -0.05) is 0 Å². The first-order valence-corrected chi connectivity index (χ1v) is 12.2. The number of thiazole rings is 1. The van der Waals surface area contributed by atoms with Crippen LogP contribution in [0, 0.1) is 6.92 Å². The molecule has 4 N–H and O–H groups in total. The molecule has 11 heteroatoms. The highest BCUT2D eigenvalue weighted by molar-refractivity contribution is 7.13. The number of hydrogen-bond donors (Lipinski definition) is 3. The lowest BCUT2D eigenvalue weighted by Gasteiger charge is -2.11. The number of amides is 1. The second-order valence-corrected chi connectivity index (χ2v) is 7.99. The number of carbonyl (C=O) groups excluding carboxylic acids is 1. The molecule has 2 rings (SSSR count). The molecule has 1 amide bonds. The van der Waals surface area contributed by atoms with Crippen LogP contribution in [0.1, 0.15) is 15.9 Å². The number of aryl methyl sites for hydroxylation is 1. The van der Waals surface area contributed by atoms with E-state index < -0.39 is 0 Å². The summed E-state index contributed by atoms with van der Waals surface area (Å²) >= 11 is 1.39. The number of anilines is 2. The smallest absolute Gasteiger partial charge is 0.257 e. The number of aromatic nitrogens is 1. The zero-order chi connectivity index (χ0) is 24.3. The van der Waals surface area contributed by atoms with Crippen molar-refractivity contribution in [2.75, 3.05) is 89.8 Å². The molecular formula is C23H36N4O6S. The average Bonchev–Trinajstić information content (AvgIpc) is 3.34. The standard InChI is InChI=1S/C23H36N4O6S/c1-19-18-20(2-3-21(19)22(28)27-23-26-6-17-34-23)25-5-8-30-10-12-32-14-16-33-15-13-31-11-9-29-7-4-24/h2-3,6,17-18,25H,4-5,7-16,24H2,1H3,(H,26,27,28). The molecule has 0 aliphatic heterocycles. The molecule has 0 spiro atoms. The average molecular weight is 497 g/mol. The number of nitrogens with one attached hydrogen (secondary N) is 2. The maximum absolute atomic E-state index is 12.4. The van der Waals surface area contributed by atoms with Crippen molar-refractivity contribution in [3.63, 3.8) is 0 Å². The highest BCUT2D eigenvalue weighted by atomic mass is 32.1. The Hall–Kier alpha value is -2.12. The van der Waals surface area contributed by atoms with Gasteiger partial charge in [-0.05, 0) is 30.7 Å². The van der Waals surface area contributed by atoms with E-state index in [9.17, 15) is 4.79 Å². The van der Waals surface area contributed by atoms with Crippen LogP contribution in [0.2, 0.25) is 0 Å². The number of carbonyl (C=O) groups is 1. The summed E-state index contributed by atoms with van der Waals surface area (Å²) in [4.78, 5) is 16.4. The Kier molecular flexibility index (Phi) is 15.1. The van der Waals surface area contributed by atoms with Gasteiger partial charge in [0.05, 0.1) is 66.1 Å². The largest absolute Gasteiger partial charge is 0.383 e. The maximum atomic E-state index is 12.4. The fourth-order valence-electron chi connectivity index (χ4n) is 2.81. The van der Waals surface area contributed by atoms with Crippen molar-refractivity contribution in [3.05, 3.63) is 40.9 Å². The Morgan fingerprint density at radius 1 is 0.912 bits per heavy atom. The van der Waals surface area contributed by atoms with Gasteiger partial charge in [-0.15, -0.1) is 11.3 Å². The molecule has 0 saturated carbocycles. The molecule has 190 valence electrons. The van der Waals surface area contributed by atoms with Crippen molar-refractivity contribution in [3.8, 4) is 0 Å². The Labute approximate surface area is 205 Å². The summed E-state index contributed by atoms with van der Waals surface area (Å²) in [6, 6.07) is 5.63. The lowest BCUT2D eigenvalue weighted by atomic mass is 10.1. The third-order valence-electron chi connectivity index (χ3n) is 4.45. The zero-order valence-electron chi connectivity index (χ0n) is 19.8. The minimum absolute atomic E-state index is 0.162. The van der Waals surface area contributed by atoms with Gasteiger partial charge in [0.2, 0.25) is 0 Å². The second-order valence-electron chi connectivity index (χ2n) is 7.10. The van der Waals surface area contributed by atoms with Crippen molar-refractivity contribution in [2.45, 2.75) is 6.92 Å². The van der Waals surface area contributed by atoms with E-state index in [-0.39, 0.29) is 5.91 Å². The summed E-state index contributed by atoms with van der Waals surface area (Å²) in [6.07, 6.45) is 1.66. The van der Waals surface area contributed by atoms with Gasteiger partial charge in [-0.25, -0.2) is 4.98 Å². The van der Waals surface area contributed by atoms with E-state index >= 15 is 0 Å². The molecule has 0 atom stereocenters. The van der Waals surface area contributed by atoms with Crippen molar-refractivity contribution >= 4 is 28.1 Å². The van der Waals surface area contributed by atoms with E-state index in [4.69, 9.17) is 29.4 Å². The van der Waals surface area contributed by atoms with Crippen LogP contribution in [-0.2, 0) is 23.7 Å². The van der Waals surface area contributed by atoms with E-state index in [1.165, 1.54) is 11.3 Å². The van der Waals surface area contributed by atoms with Crippen LogP contribution in [0.4, 0.5) is 10.8 Å². The summed E-state index contributed by atoms with van der Waals surface area (Å²) in [6.45, 7) is 8.42. The third kappa shape index (κ3) is 12.4. The molecule has 0 unspecified atom stereocenters. The van der Waals surface area contributed by atoms with Crippen LogP contribution in [0.25, 0.3) is 0 Å². The topological polar surface area (TPSA) is 126 Å². The summed E-state index contributed by atoms with van der Waals surface area (Å²) in [5, 5.41) is 8.50. The van der Waals surface area contributed by atoms with Gasteiger partial charge in [0.1, 0.15) is 0 Å². The van der Waals surface area contributed by atoms with Crippen molar-refractivity contribution < 1.29 is 28.5 Å². The summed E-state index contributed by atoms with van der Waals surface area (Å²) in [5.74, 6) is -0.162. The Bertz CT molecular complexity index is 794. The monoisotopic (exact) mass is 496 g/mol. The molecule has 2 aromatic rings. The third-order valence-corrected chi connectivity index (χ3v) is 5.14. The fraction of sp³-hybridized carbons (Fsp3) is 0.565. The van der Waals surface area contributed by atoms with Gasteiger partial charge in [-0.3, -0.25) is 10.1 Å². The van der Waals surface area contributed by atoms with Crippen LogP contribution < -0.4 is 16.4 Å². The lowest BCUT2D eigenvalue weighted by Crippen LogP contribution is -2.16. The molecule has 0 bridgehead atoms. The number of hydrogen-bond acceptors (Lipinski definition) is 10. The highest BCUT2D eigenvalue weighted by Gasteiger charge is 2.11. The van der Waals surface area contributed by atoms with Crippen LogP contribution in [0.5, 0.6) is 0 Å². The molecule has 0 aliphatic carbocycles. The number of rotatable bonds is 20. The number of nitrogens with two attached hydrogens (primary N) is 1. The predicted molar refractivity (Wildman–Crippen MR) is 133 cm³/mol. The van der Waals surface area contributed by atoms with Crippen molar-refractivity contribution in [2.24, 2.45) is 5.73 Å². The van der Waals surface area contributed by atoms with Gasteiger partial charge >= 0.3 is 0 Å². The lowest BCUT2D eigenvalue weighted by molar-refractivity contribution is -0.00985. The Morgan fingerprint density at radius 2 is 1.50 bits per heavy atom. The number of ether oxygens (including phenoxy) is 5. The van der Waals surface area contributed by atoms with Crippen LogP contribution >= 0.6 is 11.3 Å². The number of nitrogens with zero attached hydrogens (tertiary/aromatic N) is 1. The first kappa shape index (κ1) is 28.1. The van der Waals surface area contributed by atoms with Crippen molar-refractivity contribution in [1.29, 1.82) is 0 Å². The Morgan fingerprint density at radius 3 is 2.03 bits per heavy atom. The molecular weight excluding hydrogens is 460 g/mol. The molecule has 1 aromatic heterocycles. The SMILES string of the molecule is Cc1cc(NCCOCCOCCOCCOCCOCCN)ccc1C(=O)Nc1nccs1. The van der Waals surface area contributed by atoms with Gasteiger partial charge in [-0.2, -0.15) is 0 Å². The molecule has 34 heavy (non-hydrogen) atoms. The maximum Gasteiger partial charge on any atom is 0.257 e. The van der Waals surface area contributed by atoms with E-state index in [2.05, 4.69) is 15.6 Å². The normalized spacial score (nSPS) is 11.0. The van der Waals surface area contributed by atoms with E-state index in [1.807, 2.05) is 24.4 Å². The first-order valence-electron chi connectivity index (χ1n) is 11.3. The highest BCUT2D eigenvalue weighted by Crippen LogP contribution is 2.18. The predicted octanol–water partition coefficient (Wildman–Crippen LogP) is 2.16. The summed E-state index contributed by atoms with van der Waals surface area (Å²) in [7, 11) is 0. The molecule has 0 fully saturated rings. The molecule has 1 aromatic carbocycles. The molecule has 0 saturated heterocycles. The van der Waals surface area contributed by atoms with Gasteiger partial charge in [0, 0.05) is 35.9 Å². The van der Waals surface area contributed by atoms with E-state index in [1.54, 1.807) is 12.3 Å². The minimum atomic E-state index is -0.162. The van der Waals surface area contributed by atoms with Crippen LogP contribution in [0.3, 0.4) is 0 Å². The van der Waals surface area contributed by atoms with Crippen LogP contribution in [-0.4, -0.2) is 90.0 Å². The van der Waals surface area contributed by atoms with E-state index in [0.717, 1.165) is 11.3 Å². The van der Waals surface area contributed by atoms with Gasteiger partial charge in [0.25, 0.3) is 5.91 Å². The van der Waals surface area contributed by atoms with Gasteiger partial charge < -0.3 is 34.7 Å². The Balaban J connectivity index is 1.41. The van der Waals surface area contributed by atoms with E-state index in [0.29, 0.717) is 89.9 Å². The van der Waals surface area contributed by atoms with Crippen LogP contribution in [0.15, 0.2) is 29.8 Å². The van der Waals surface area contributed by atoms with Gasteiger partial charge in [0.15, 0.2) is 5.13 Å². The van der Waals surface area contributed by atoms with Crippen molar-refractivity contribution in [1.82, 2.24) is 4.98 Å². The molecule has 0 aliphatic rings. The summed E-state index contributed by atoms with van der Waals surface area (Å²) in [5.41, 5.74) is 7.77. The number of benzene rings is 1. The molecule has 0 radical (unpaired) electrons. The first-order chi connectivity index (χ1) is 16.7.